The van der Waals surface area contributed by atoms with Crippen LogP contribution in [-0.4, -0.2) is 11.5 Å². The van der Waals surface area contributed by atoms with E-state index in [0.29, 0.717) is 6.42 Å². The number of thioether (sulfide) groups is 1. The maximum atomic E-state index is 10.3. The molecule has 0 saturated heterocycles. The molecule has 0 aliphatic heterocycles. The Balaban J connectivity index is 2.94. The van der Waals surface area contributed by atoms with Gasteiger partial charge < -0.3 is 4.79 Å². The van der Waals surface area contributed by atoms with E-state index in [0.717, 1.165) is 12.2 Å². The van der Waals surface area contributed by atoms with Gasteiger partial charge in [0.2, 0.25) is 0 Å². The number of rotatable bonds is 4. The largest absolute Gasteiger partial charge is 0.300 e. The summed E-state index contributed by atoms with van der Waals surface area (Å²) >= 11 is 1.20. The van der Waals surface area contributed by atoms with Crippen LogP contribution in [0.2, 0.25) is 0 Å². The second kappa shape index (κ2) is 5.64. The Labute approximate surface area is 59.2 Å². The number of Topliss-reactive ketones (excluding diaryl/α,β-unsaturated/α-hetero) is 1. The van der Waals surface area contributed by atoms with Crippen LogP contribution in [0.4, 0.5) is 0 Å². The topological polar surface area (TPSA) is 40.9 Å². The number of hydrogen-bond donors (Lipinski definition) is 0. The average Bonchev–Trinajstić information content (AvgIpc) is 1.80. The van der Waals surface area contributed by atoms with Gasteiger partial charge in [-0.25, -0.2) is 0 Å². The molecule has 0 fully saturated rings. The van der Waals surface area contributed by atoms with Gasteiger partial charge in [0.05, 0.1) is 0 Å². The van der Waals surface area contributed by atoms with Crippen molar-refractivity contribution in [3.63, 3.8) is 0 Å². The first kappa shape index (κ1) is 8.51. The fourth-order valence-corrected chi connectivity index (χ4v) is 0.819. The summed E-state index contributed by atoms with van der Waals surface area (Å²) in [6.45, 7) is 1.57. The van der Waals surface area contributed by atoms with Crippen LogP contribution in [0.3, 0.4) is 0 Å². The van der Waals surface area contributed by atoms with E-state index in [4.69, 9.17) is 5.26 Å². The van der Waals surface area contributed by atoms with E-state index in [1.54, 1.807) is 6.92 Å². The Morgan fingerprint density at radius 3 is 2.89 bits per heavy atom. The minimum atomic E-state index is 0.202. The maximum absolute atomic E-state index is 10.3. The van der Waals surface area contributed by atoms with E-state index >= 15 is 0 Å². The highest BCUT2D eigenvalue weighted by Crippen LogP contribution is 2.01. The molecule has 2 nitrogen and oxygen atoms in total. The summed E-state index contributed by atoms with van der Waals surface area (Å²) in [5, 5.41) is 10.0. The van der Waals surface area contributed by atoms with E-state index < -0.39 is 0 Å². The van der Waals surface area contributed by atoms with E-state index in [1.165, 1.54) is 11.8 Å². The van der Waals surface area contributed by atoms with Gasteiger partial charge in [-0.3, -0.25) is 0 Å². The molecule has 0 atom stereocenters. The van der Waals surface area contributed by atoms with E-state index in [9.17, 15) is 4.79 Å². The van der Waals surface area contributed by atoms with Gasteiger partial charge in [0.25, 0.3) is 0 Å². The minimum Gasteiger partial charge on any atom is -0.300 e. The van der Waals surface area contributed by atoms with Gasteiger partial charge in [-0.15, -0.1) is 0 Å². The molecule has 0 amide bonds. The lowest BCUT2D eigenvalue weighted by Crippen LogP contribution is -1.89. The number of ketones is 1. The van der Waals surface area contributed by atoms with Crippen LogP contribution in [0.25, 0.3) is 0 Å². The van der Waals surface area contributed by atoms with Crippen LogP contribution >= 0.6 is 11.8 Å². The summed E-state index contributed by atoms with van der Waals surface area (Å²) in [5.74, 6) is 0.976. The van der Waals surface area contributed by atoms with Crippen LogP contribution in [0.5, 0.6) is 0 Å². The van der Waals surface area contributed by atoms with Crippen molar-refractivity contribution in [2.45, 2.75) is 19.8 Å². The summed E-state index contributed by atoms with van der Waals surface area (Å²) in [6, 6.07) is 0. The van der Waals surface area contributed by atoms with Crippen LogP contribution < -0.4 is 0 Å². The standard InChI is InChI=1S/C6H9NOS/c1-6(8)3-2-4-9-5-7/h2-4H2,1H3. The second-order valence-electron chi connectivity index (χ2n) is 1.75. The Morgan fingerprint density at radius 2 is 2.44 bits per heavy atom. The zero-order valence-corrected chi connectivity index (χ0v) is 6.20. The molecular formula is C6H9NOS. The molecule has 0 saturated carbocycles. The molecule has 50 valence electrons. The lowest BCUT2D eigenvalue weighted by Gasteiger charge is -1.89. The molecular weight excluding hydrogens is 134 g/mol. The molecule has 3 heteroatoms. The molecule has 0 aromatic rings. The monoisotopic (exact) mass is 143 g/mol. The van der Waals surface area contributed by atoms with Gasteiger partial charge in [-0.1, -0.05) is 0 Å². The minimum absolute atomic E-state index is 0.202. The van der Waals surface area contributed by atoms with Gasteiger partial charge in [-0.2, -0.15) is 5.26 Å². The lowest BCUT2D eigenvalue weighted by atomic mass is 10.3. The summed E-state index contributed by atoms with van der Waals surface area (Å²) < 4.78 is 0. The molecule has 0 heterocycles. The van der Waals surface area contributed by atoms with Crippen LogP contribution in [0, 0.1) is 10.7 Å². The Bertz CT molecular complexity index is 128. The first-order valence-electron chi connectivity index (χ1n) is 2.77. The fourth-order valence-electron chi connectivity index (χ4n) is 0.439. The molecule has 0 N–H and O–H groups in total. The number of hydrogen-bond acceptors (Lipinski definition) is 3. The third kappa shape index (κ3) is 7.51. The maximum Gasteiger partial charge on any atom is 0.133 e. The number of thiocyanates is 1. The molecule has 0 radical (unpaired) electrons. The summed E-state index contributed by atoms with van der Waals surface area (Å²) in [4.78, 5) is 10.3. The van der Waals surface area contributed by atoms with Crippen molar-refractivity contribution in [1.82, 2.24) is 0 Å². The third-order valence-electron chi connectivity index (χ3n) is 0.840. The molecule has 9 heavy (non-hydrogen) atoms. The normalized spacial score (nSPS) is 8.44. The van der Waals surface area contributed by atoms with Crippen LogP contribution in [0.1, 0.15) is 19.8 Å². The van der Waals surface area contributed by atoms with Crippen molar-refractivity contribution in [3.8, 4) is 5.40 Å². The van der Waals surface area contributed by atoms with Crippen molar-refractivity contribution < 1.29 is 4.79 Å². The zero-order chi connectivity index (χ0) is 7.11. The van der Waals surface area contributed by atoms with Crippen molar-refractivity contribution >= 4 is 17.5 Å². The zero-order valence-electron chi connectivity index (χ0n) is 5.39. The number of carbonyl (C=O) groups excluding carboxylic acids is 1. The summed E-state index contributed by atoms with van der Waals surface area (Å²) in [5.41, 5.74) is 0. The van der Waals surface area contributed by atoms with E-state index in [-0.39, 0.29) is 5.78 Å². The Hall–Kier alpha value is -0.490. The van der Waals surface area contributed by atoms with Crippen LogP contribution in [-0.2, 0) is 4.79 Å². The smallest absolute Gasteiger partial charge is 0.133 e. The van der Waals surface area contributed by atoms with Gasteiger partial charge in [0, 0.05) is 12.2 Å². The van der Waals surface area contributed by atoms with E-state index in [2.05, 4.69) is 0 Å². The first-order chi connectivity index (χ1) is 4.27. The fraction of sp³-hybridized carbons (Fsp3) is 0.667. The van der Waals surface area contributed by atoms with Crippen LogP contribution in [0.15, 0.2) is 0 Å². The molecule has 0 unspecified atom stereocenters. The number of nitrogens with zero attached hydrogens (tertiary/aromatic N) is 1. The number of nitriles is 1. The predicted octanol–water partition coefficient (Wildman–Crippen LogP) is 1.57. The SMILES string of the molecule is CC(=O)CCCSC#N. The second-order valence-corrected chi connectivity index (χ2v) is 2.62. The van der Waals surface area contributed by atoms with E-state index in [1.807, 2.05) is 5.40 Å². The highest BCUT2D eigenvalue weighted by Gasteiger charge is 1.91. The number of carbonyl (C=O) groups is 1. The molecule has 0 aromatic carbocycles. The average molecular weight is 143 g/mol. The highest BCUT2D eigenvalue weighted by molar-refractivity contribution is 8.03. The predicted molar refractivity (Wildman–Crippen MR) is 38.0 cm³/mol. The Morgan fingerprint density at radius 1 is 1.78 bits per heavy atom. The van der Waals surface area contributed by atoms with Gasteiger partial charge in [-0.05, 0) is 25.1 Å². The van der Waals surface area contributed by atoms with Crippen molar-refractivity contribution in [3.05, 3.63) is 0 Å². The molecule has 0 bridgehead atoms. The molecule has 0 aromatic heterocycles. The Kier molecular flexibility index (Phi) is 5.34. The lowest BCUT2D eigenvalue weighted by molar-refractivity contribution is -0.117. The third-order valence-corrected chi connectivity index (χ3v) is 1.46. The molecule has 0 aliphatic carbocycles. The molecule has 0 aliphatic rings. The van der Waals surface area contributed by atoms with Gasteiger partial charge in [0.15, 0.2) is 0 Å². The summed E-state index contributed by atoms with van der Waals surface area (Å²) in [6.07, 6.45) is 1.43. The summed E-state index contributed by atoms with van der Waals surface area (Å²) in [7, 11) is 0. The quantitative estimate of drug-likeness (QED) is 0.443. The van der Waals surface area contributed by atoms with Crippen molar-refractivity contribution in [1.29, 1.82) is 5.26 Å². The molecule has 0 rings (SSSR count). The van der Waals surface area contributed by atoms with Crippen molar-refractivity contribution in [2.75, 3.05) is 5.75 Å². The van der Waals surface area contributed by atoms with Gasteiger partial charge >= 0.3 is 0 Å². The highest BCUT2D eigenvalue weighted by atomic mass is 32.2. The van der Waals surface area contributed by atoms with Crippen molar-refractivity contribution in [2.24, 2.45) is 0 Å². The van der Waals surface area contributed by atoms with Gasteiger partial charge in [0.1, 0.15) is 11.2 Å². The first-order valence-corrected chi connectivity index (χ1v) is 3.76. The molecule has 0 spiro atoms.